The molecule has 0 aliphatic heterocycles. The van der Waals surface area contributed by atoms with Crippen LogP contribution >= 0.6 is 0 Å². The number of nitrogens with one attached hydrogen (secondary N) is 1. The van der Waals surface area contributed by atoms with E-state index in [2.05, 4.69) is 16.3 Å². The summed E-state index contributed by atoms with van der Waals surface area (Å²) in [7, 11) is 4.07. The maximum atomic E-state index is 13.1. The molecule has 132 valence electrons. The molecule has 0 saturated carbocycles. The first-order chi connectivity index (χ1) is 12.6. The van der Waals surface area contributed by atoms with Crippen molar-refractivity contribution in [2.24, 2.45) is 0 Å². The second-order valence-corrected chi connectivity index (χ2v) is 6.68. The standard InChI is InChI=1S/C23H24N2O/c1-25(2)17-18-10-9-15-21(16-18)24-23(26)22(19-11-5-3-6-12-19)20-13-7-4-8-14-20/h3-16,22H,17H2,1-2H3,(H,24,26). The number of hydrogen-bond donors (Lipinski definition) is 1. The Morgan fingerprint density at radius 3 is 1.96 bits per heavy atom. The number of rotatable bonds is 6. The van der Waals surface area contributed by atoms with Gasteiger partial charge in [-0.15, -0.1) is 0 Å². The Morgan fingerprint density at radius 2 is 1.42 bits per heavy atom. The minimum atomic E-state index is -0.338. The summed E-state index contributed by atoms with van der Waals surface area (Å²) in [6.45, 7) is 0.838. The van der Waals surface area contributed by atoms with Crippen LogP contribution in [0, 0.1) is 0 Å². The molecule has 0 heterocycles. The van der Waals surface area contributed by atoms with E-state index in [1.165, 1.54) is 5.56 Å². The zero-order valence-corrected chi connectivity index (χ0v) is 15.2. The van der Waals surface area contributed by atoms with Crippen LogP contribution in [0.3, 0.4) is 0 Å². The Bertz CT molecular complexity index is 805. The summed E-state index contributed by atoms with van der Waals surface area (Å²) in [5.74, 6) is -0.362. The second kappa shape index (κ2) is 8.45. The first-order valence-electron chi connectivity index (χ1n) is 8.78. The Labute approximate surface area is 155 Å². The van der Waals surface area contributed by atoms with Crippen LogP contribution in [-0.2, 0) is 11.3 Å². The van der Waals surface area contributed by atoms with E-state index < -0.39 is 0 Å². The van der Waals surface area contributed by atoms with Crippen LogP contribution in [0.4, 0.5) is 5.69 Å². The highest BCUT2D eigenvalue weighted by Gasteiger charge is 2.22. The minimum Gasteiger partial charge on any atom is -0.325 e. The van der Waals surface area contributed by atoms with Crippen molar-refractivity contribution in [1.29, 1.82) is 0 Å². The van der Waals surface area contributed by atoms with Gasteiger partial charge in [0.1, 0.15) is 0 Å². The maximum absolute atomic E-state index is 13.1. The predicted molar refractivity (Wildman–Crippen MR) is 107 cm³/mol. The van der Waals surface area contributed by atoms with Crippen molar-refractivity contribution >= 4 is 11.6 Å². The maximum Gasteiger partial charge on any atom is 0.236 e. The number of benzene rings is 3. The van der Waals surface area contributed by atoms with Crippen LogP contribution in [0.15, 0.2) is 84.9 Å². The van der Waals surface area contributed by atoms with Gasteiger partial charge in [-0.05, 0) is 42.9 Å². The topological polar surface area (TPSA) is 32.3 Å². The van der Waals surface area contributed by atoms with E-state index in [9.17, 15) is 4.79 Å². The summed E-state index contributed by atoms with van der Waals surface area (Å²) in [5.41, 5.74) is 3.97. The van der Waals surface area contributed by atoms with E-state index in [-0.39, 0.29) is 11.8 Å². The third-order valence-electron chi connectivity index (χ3n) is 4.22. The van der Waals surface area contributed by atoms with E-state index in [4.69, 9.17) is 0 Å². The first kappa shape index (κ1) is 17.9. The molecule has 1 N–H and O–H groups in total. The van der Waals surface area contributed by atoms with Crippen molar-refractivity contribution in [3.63, 3.8) is 0 Å². The van der Waals surface area contributed by atoms with E-state index in [1.807, 2.05) is 93.0 Å². The van der Waals surface area contributed by atoms with Gasteiger partial charge in [0.05, 0.1) is 5.92 Å². The van der Waals surface area contributed by atoms with Crippen molar-refractivity contribution in [3.05, 3.63) is 102 Å². The highest BCUT2D eigenvalue weighted by molar-refractivity contribution is 5.98. The molecule has 3 nitrogen and oxygen atoms in total. The molecule has 0 atom stereocenters. The molecule has 3 aromatic rings. The van der Waals surface area contributed by atoms with Gasteiger partial charge in [0.15, 0.2) is 0 Å². The molecule has 0 aliphatic carbocycles. The number of nitrogens with zero attached hydrogens (tertiary/aromatic N) is 1. The van der Waals surface area contributed by atoms with Crippen LogP contribution < -0.4 is 5.32 Å². The molecule has 0 unspecified atom stereocenters. The van der Waals surface area contributed by atoms with Gasteiger partial charge in [0, 0.05) is 12.2 Å². The number of anilines is 1. The molecule has 26 heavy (non-hydrogen) atoms. The van der Waals surface area contributed by atoms with E-state index in [0.717, 1.165) is 23.4 Å². The zero-order valence-electron chi connectivity index (χ0n) is 15.2. The number of carbonyl (C=O) groups is 1. The monoisotopic (exact) mass is 344 g/mol. The Kier molecular flexibility index (Phi) is 5.82. The van der Waals surface area contributed by atoms with Gasteiger partial charge in [0.25, 0.3) is 0 Å². The summed E-state index contributed by atoms with van der Waals surface area (Å²) in [4.78, 5) is 15.2. The van der Waals surface area contributed by atoms with Crippen LogP contribution in [0.1, 0.15) is 22.6 Å². The van der Waals surface area contributed by atoms with Crippen molar-refractivity contribution in [3.8, 4) is 0 Å². The molecule has 0 bridgehead atoms. The molecule has 1 amide bonds. The van der Waals surface area contributed by atoms with Crippen LogP contribution in [-0.4, -0.2) is 24.9 Å². The van der Waals surface area contributed by atoms with E-state index >= 15 is 0 Å². The van der Waals surface area contributed by atoms with Crippen molar-refractivity contribution in [2.45, 2.75) is 12.5 Å². The van der Waals surface area contributed by atoms with Gasteiger partial charge in [0.2, 0.25) is 5.91 Å². The lowest BCUT2D eigenvalue weighted by atomic mass is 9.90. The first-order valence-corrected chi connectivity index (χ1v) is 8.78. The van der Waals surface area contributed by atoms with E-state index in [0.29, 0.717) is 0 Å². The normalized spacial score (nSPS) is 10.9. The number of hydrogen-bond acceptors (Lipinski definition) is 2. The Hall–Kier alpha value is -2.91. The predicted octanol–water partition coefficient (Wildman–Crippen LogP) is 4.52. The molecule has 0 fully saturated rings. The minimum absolute atomic E-state index is 0.0237. The molecule has 0 aliphatic rings. The average Bonchev–Trinajstić information content (AvgIpc) is 2.63. The van der Waals surface area contributed by atoms with Gasteiger partial charge >= 0.3 is 0 Å². The van der Waals surface area contributed by atoms with Gasteiger partial charge in [-0.1, -0.05) is 72.8 Å². The molecule has 0 spiro atoms. The Balaban J connectivity index is 1.87. The largest absolute Gasteiger partial charge is 0.325 e. The lowest BCUT2D eigenvalue weighted by molar-refractivity contribution is -0.116. The fourth-order valence-electron chi connectivity index (χ4n) is 3.11. The smallest absolute Gasteiger partial charge is 0.236 e. The lowest BCUT2D eigenvalue weighted by Gasteiger charge is -2.18. The van der Waals surface area contributed by atoms with Gasteiger partial charge in [-0.3, -0.25) is 4.79 Å². The number of carbonyl (C=O) groups excluding carboxylic acids is 1. The molecule has 3 rings (SSSR count). The average molecular weight is 344 g/mol. The SMILES string of the molecule is CN(C)Cc1cccc(NC(=O)C(c2ccccc2)c2ccccc2)c1. The molecular formula is C23H24N2O. The summed E-state index contributed by atoms with van der Waals surface area (Å²) < 4.78 is 0. The second-order valence-electron chi connectivity index (χ2n) is 6.68. The van der Waals surface area contributed by atoms with Crippen LogP contribution in [0.25, 0.3) is 0 Å². The van der Waals surface area contributed by atoms with Gasteiger partial charge in [-0.2, -0.15) is 0 Å². The molecule has 3 heteroatoms. The van der Waals surface area contributed by atoms with Gasteiger partial charge < -0.3 is 10.2 Å². The lowest BCUT2D eigenvalue weighted by Crippen LogP contribution is -2.22. The fourth-order valence-corrected chi connectivity index (χ4v) is 3.11. The van der Waals surface area contributed by atoms with Gasteiger partial charge in [-0.25, -0.2) is 0 Å². The highest BCUT2D eigenvalue weighted by Crippen LogP contribution is 2.26. The fraction of sp³-hybridized carbons (Fsp3) is 0.174. The zero-order chi connectivity index (χ0) is 18.4. The highest BCUT2D eigenvalue weighted by atomic mass is 16.1. The molecule has 3 aromatic carbocycles. The van der Waals surface area contributed by atoms with Crippen LogP contribution in [0.2, 0.25) is 0 Å². The summed E-state index contributed by atoms with van der Waals surface area (Å²) in [6.07, 6.45) is 0. The molecule has 0 radical (unpaired) electrons. The third kappa shape index (κ3) is 4.58. The quantitative estimate of drug-likeness (QED) is 0.713. The Morgan fingerprint density at radius 1 is 0.846 bits per heavy atom. The molecular weight excluding hydrogens is 320 g/mol. The van der Waals surface area contributed by atoms with Crippen LogP contribution in [0.5, 0.6) is 0 Å². The molecule has 0 saturated heterocycles. The summed E-state index contributed by atoms with van der Waals surface area (Å²) in [5, 5.41) is 3.10. The third-order valence-corrected chi connectivity index (χ3v) is 4.22. The summed E-state index contributed by atoms with van der Waals surface area (Å²) >= 11 is 0. The van der Waals surface area contributed by atoms with Crippen molar-refractivity contribution in [1.82, 2.24) is 4.90 Å². The summed E-state index contributed by atoms with van der Waals surface area (Å²) in [6, 6.07) is 27.8. The van der Waals surface area contributed by atoms with E-state index in [1.54, 1.807) is 0 Å². The van der Waals surface area contributed by atoms with Crippen molar-refractivity contribution < 1.29 is 4.79 Å². The molecule has 0 aromatic heterocycles. The van der Waals surface area contributed by atoms with Crippen molar-refractivity contribution in [2.75, 3.05) is 19.4 Å². The number of amides is 1.